The van der Waals surface area contributed by atoms with Crippen molar-refractivity contribution in [3.8, 4) is 0 Å². The average molecular weight is 287 g/mol. The minimum atomic E-state index is -0.128. The molecule has 0 saturated heterocycles. The van der Waals surface area contributed by atoms with Gasteiger partial charge in [-0.15, -0.1) is 0 Å². The number of benzene rings is 1. The van der Waals surface area contributed by atoms with Crippen LogP contribution in [-0.2, 0) is 0 Å². The van der Waals surface area contributed by atoms with Crippen molar-refractivity contribution < 1.29 is 9.90 Å². The highest BCUT2D eigenvalue weighted by atomic mass is 16.2. The Hall–Kier alpha value is -2.14. The number of hydrogen-bond donors (Lipinski definition) is 2. The highest BCUT2D eigenvalue weighted by molar-refractivity contribution is 5.99. The van der Waals surface area contributed by atoms with Crippen molar-refractivity contribution in [1.82, 2.24) is 9.88 Å². The van der Waals surface area contributed by atoms with Gasteiger partial charge in [0.05, 0.1) is 5.52 Å². The van der Waals surface area contributed by atoms with Gasteiger partial charge < -0.3 is 15.7 Å². The maximum Gasteiger partial charge on any atom is 0.272 e. The fraction of sp³-hybridized carbons (Fsp3) is 0.375. The van der Waals surface area contributed by atoms with Crippen LogP contribution < -0.4 is 5.73 Å². The SMILES string of the molecule is CN(CCCCCO)C(=O)c1cc(N)c2ccccc2n1. The summed E-state index contributed by atoms with van der Waals surface area (Å²) in [6.07, 6.45) is 2.54. The van der Waals surface area contributed by atoms with E-state index in [9.17, 15) is 4.79 Å². The number of amides is 1. The number of anilines is 1. The standard InChI is InChI=1S/C16H21N3O2/c1-19(9-5-2-6-10-20)16(21)15-11-13(17)12-7-3-4-8-14(12)18-15/h3-4,7-8,11,20H,2,5-6,9-10H2,1H3,(H2,17,18). The van der Waals surface area contributed by atoms with Gasteiger partial charge >= 0.3 is 0 Å². The number of rotatable bonds is 6. The molecule has 0 aliphatic rings. The summed E-state index contributed by atoms with van der Waals surface area (Å²) in [6, 6.07) is 9.15. The van der Waals surface area contributed by atoms with E-state index in [-0.39, 0.29) is 12.5 Å². The summed E-state index contributed by atoms with van der Waals surface area (Å²) in [7, 11) is 1.76. The lowest BCUT2D eigenvalue weighted by atomic mass is 10.1. The van der Waals surface area contributed by atoms with Gasteiger partial charge in [0, 0.05) is 31.3 Å². The lowest BCUT2D eigenvalue weighted by molar-refractivity contribution is 0.0787. The first-order chi connectivity index (χ1) is 10.1. The molecule has 0 radical (unpaired) electrons. The van der Waals surface area contributed by atoms with Gasteiger partial charge in [0.15, 0.2) is 0 Å². The number of pyridine rings is 1. The third kappa shape index (κ3) is 3.70. The quantitative estimate of drug-likeness (QED) is 0.797. The Bertz CT molecular complexity index is 628. The second kappa shape index (κ2) is 7.04. The van der Waals surface area contributed by atoms with Crippen molar-refractivity contribution in [2.45, 2.75) is 19.3 Å². The van der Waals surface area contributed by atoms with Crippen molar-refractivity contribution in [3.05, 3.63) is 36.0 Å². The second-order valence-corrected chi connectivity index (χ2v) is 5.12. The van der Waals surface area contributed by atoms with E-state index >= 15 is 0 Å². The third-order valence-electron chi connectivity index (χ3n) is 3.47. The molecule has 2 aromatic rings. The van der Waals surface area contributed by atoms with Gasteiger partial charge in [-0.25, -0.2) is 4.98 Å². The first-order valence-electron chi connectivity index (χ1n) is 7.15. The minimum absolute atomic E-state index is 0.128. The van der Waals surface area contributed by atoms with Crippen LogP contribution in [0, 0.1) is 0 Å². The number of nitrogens with zero attached hydrogens (tertiary/aromatic N) is 2. The third-order valence-corrected chi connectivity index (χ3v) is 3.47. The summed E-state index contributed by atoms with van der Waals surface area (Å²) in [5.74, 6) is -0.128. The van der Waals surface area contributed by atoms with Crippen LogP contribution in [0.5, 0.6) is 0 Å². The van der Waals surface area contributed by atoms with Crippen LogP contribution in [0.25, 0.3) is 10.9 Å². The lowest BCUT2D eigenvalue weighted by Gasteiger charge is -2.17. The van der Waals surface area contributed by atoms with Crippen LogP contribution in [0.2, 0.25) is 0 Å². The summed E-state index contributed by atoms with van der Waals surface area (Å²) in [5.41, 5.74) is 7.67. The molecule has 112 valence electrons. The molecule has 21 heavy (non-hydrogen) atoms. The van der Waals surface area contributed by atoms with Crippen LogP contribution in [0.3, 0.4) is 0 Å². The number of fused-ring (bicyclic) bond motifs is 1. The molecule has 0 unspecified atom stereocenters. The molecule has 5 heteroatoms. The Morgan fingerprint density at radius 1 is 1.29 bits per heavy atom. The van der Waals surface area contributed by atoms with Crippen molar-refractivity contribution in [2.75, 3.05) is 25.9 Å². The first kappa shape index (κ1) is 15.3. The molecule has 0 saturated carbocycles. The number of aliphatic hydroxyl groups is 1. The Balaban J connectivity index is 2.12. The van der Waals surface area contributed by atoms with E-state index in [1.54, 1.807) is 18.0 Å². The highest BCUT2D eigenvalue weighted by Crippen LogP contribution is 2.20. The van der Waals surface area contributed by atoms with Crippen molar-refractivity contribution in [1.29, 1.82) is 0 Å². The number of nitrogens with two attached hydrogens (primary N) is 1. The molecule has 0 bridgehead atoms. The minimum Gasteiger partial charge on any atom is -0.398 e. The monoisotopic (exact) mass is 287 g/mol. The number of carbonyl (C=O) groups excluding carboxylic acids is 1. The van der Waals surface area contributed by atoms with E-state index in [1.807, 2.05) is 24.3 Å². The summed E-state index contributed by atoms with van der Waals surface area (Å²) >= 11 is 0. The molecule has 1 amide bonds. The summed E-state index contributed by atoms with van der Waals surface area (Å²) in [4.78, 5) is 18.4. The fourth-order valence-electron chi connectivity index (χ4n) is 2.25. The van der Waals surface area contributed by atoms with Crippen LogP contribution >= 0.6 is 0 Å². The summed E-state index contributed by atoms with van der Waals surface area (Å²) in [6.45, 7) is 0.841. The van der Waals surface area contributed by atoms with E-state index in [4.69, 9.17) is 10.8 Å². The Morgan fingerprint density at radius 2 is 2.05 bits per heavy atom. The number of unbranched alkanes of at least 4 members (excludes halogenated alkanes) is 2. The van der Waals surface area contributed by atoms with Gasteiger partial charge in [0.25, 0.3) is 5.91 Å². The van der Waals surface area contributed by atoms with Crippen LogP contribution in [0.15, 0.2) is 30.3 Å². The molecular formula is C16H21N3O2. The predicted molar refractivity (Wildman–Crippen MR) is 84.1 cm³/mol. The van der Waals surface area contributed by atoms with E-state index in [2.05, 4.69) is 4.98 Å². The van der Waals surface area contributed by atoms with Gasteiger partial charge in [0.1, 0.15) is 5.69 Å². The van der Waals surface area contributed by atoms with Crippen molar-refractivity contribution in [2.24, 2.45) is 0 Å². The number of nitrogen functional groups attached to an aromatic ring is 1. The number of aliphatic hydroxyl groups excluding tert-OH is 1. The normalized spacial score (nSPS) is 10.8. The van der Waals surface area contributed by atoms with Gasteiger partial charge in [-0.1, -0.05) is 18.2 Å². The molecule has 1 aromatic carbocycles. The van der Waals surface area contributed by atoms with Gasteiger partial charge in [-0.3, -0.25) is 4.79 Å². The average Bonchev–Trinajstić information content (AvgIpc) is 2.50. The number of carbonyl (C=O) groups is 1. The highest BCUT2D eigenvalue weighted by Gasteiger charge is 2.14. The van der Waals surface area contributed by atoms with E-state index in [0.29, 0.717) is 17.9 Å². The van der Waals surface area contributed by atoms with Crippen molar-refractivity contribution in [3.63, 3.8) is 0 Å². The zero-order valence-corrected chi connectivity index (χ0v) is 12.2. The molecule has 0 fully saturated rings. The lowest BCUT2D eigenvalue weighted by Crippen LogP contribution is -2.28. The zero-order valence-electron chi connectivity index (χ0n) is 12.2. The molecule has 3 N–H and O–H groups in total. The number of para-hydroxylation sites is 1. The Morgan fingerprint density at radius 3 is 2.81 bits per heavy atom. The van der Waals surface area contributed by atoms with Gasteiger partial charge in [0.2, 0.25) is 0 Å². The van der Waals surface area contributed by atoms with Gasteiger partial charge in [-0.05, 0) is 31.4 Å². The predicted octanol–water partition coefficient (Wildman–Crippen LogP) is 2.05. The first-order valence-corrected chi connectivity index (χ1v) is 7.15. The molecule has 0 atom stereocenters. The number of aromatic nitrogens is 1. The Labute approximate surface area is 124 Å². The summed E-state index contributed by atoms with van der Waals surface area (Å²) < 4.78 is 0. The largest absolute Gasteiger partial charge is 0.398 e. The zero-order chi connectivity index (χ0) is 15.2. The molecule has 1 aromatic heterocycles. The topological polar surface area (TPSA) is 79.5 Å². The van der Waals surface area contributed by atoms with Crippen LogP contribution in [0.1, 0.15) is 29.8 Å². The van der Waals surface area contributed by atoms with Crippen molar-refractivity contribution >= 4 is 22.5 Å². The fourth-order valence-corrected chi connectivity index (χ4v) is 2.25. The molecule has 0 aliphatic carbocycles. The molecule has 2 rings (SSSR count). The second-order valence-electron chi connectivity index (χ2n) is 5.12. The van der Waals surface area contributed by atoms with Crippen LogP contribution in [0.4, 0.5) is 5.69 Å². The van der Waals surface area contributed by atoms with Gasteiger partial charge in [-0.2, -0.15) is 0 Å². The molecule has 1 heterocycles. The maximum atomic E-state index is 12.4. The van der Waals surface area contributed by atoms with E-state index < -0.39 is 0 Å². The maximum absolute atomic E-state index is 12.4. The van der Waals surface area contributed by atoms with E-state index in [1.165, 1.54) is 0 Å². The number of hydrogen-bond acceptors (Lipinski definition) is 4. The summed E-state index contributed by atoms with van der Waals surface area (Å²) in [5, 5.41) is 9.61. The van der Waals surface area contributed by atoms with E-state index in [0.717, 1.165) is 30.2 Å². The molecule has 5 nitrogen and oxygen atoms in total. The Kier molecular flexibility index (Phi) is 5.11. The molecule has 0 aliphatic heterocycles. The molecule has 0 spiro atoms. The molecular weight excluding hydrogens is 266 g/mol. The smallest absolute Gasteiger partial charge is 0.272 e. The van der Waals surface area contributed by atoms with Crippen LogP contribution in [-0.4, -0.2) is 41.1 Å².